The van der Waals surface area contributed by atoms with Crippen molar-refractivity contribution in [3.8, 4) is 0 Å². The normalized spacial score (nSPS) is 13.3. The third-order valence-electron chi connectivity index (χ3n) is 2.23. The monoisotopic (exact) mass is 292 g/mol. The third kappa shape index (κ3) is 3.31. The van der Waals surface area contributed by atoms with E-state index >= 15 is 0 Å². The molecule has 6 nitrogen and oxygen atoms in total. The zero-order chi connectivity index (χ0) is 14.0. The summed E-state index contributed by atoms with van der Waals surface area (Å²) in [6.45, 7) is 1.65. The van der Waals surface area contributed by atoms with Crippen molar-refractivity contribution in [1.82, 2.24) is 25.6 Å². The van der Waals surface area contributed by atoms with Crippen LogP contribution in [0.1, 0.15) is 24.4 Å². The number of hydrogen-bond acceptors (Lipinski definition) is 5. The number of rotatable bonds is 3. The van der Waals surface area contributed by atoms with Gasteiger partial charge in [-0.2, -0.15) is 18.4 Å². The van der Waals surface area contributed by atoms with Crippen LogP contribution in [-0.2, 0) is 6.18 Å². The summed E-state index contributed by atoms with van der Waals surface area (Å²) in [5, 5.41) is 15.5. The molecular weight excluding hydrogens is 285 g/mol. The second kappa shape index (κ2) is 5.00. The smallest absolute Gasteiger partial charge is 0.360 e. The van der Waals surface area contributed by atoms with E-state index in [0.717, 1.165) is 12.1 Å². The van der Waals surface area contributed by atoms with Crippen molar-refractivity contribution in [2.45, 2.75) is 19.1 Å². The Kier molecular flexibility index (Phi) is 3.56. The van der Waals surface area contributed by atoms with E-state index in [4.69, 9.17) is 11.6 Å². The van der Waals surface area contributed by atoms with Gasteiger partial charge < -0.3 is 5.32 Å². The van der Waals surface area contributed by atoms with E-state index in [9.17, 15) is 13.2 Å². The maximum Gasteiger partial charge on any atom is 0.416 e. The summed E-state index contributed by atoms with van der Waals surface area (Å²) >= 11 is 5.56. The minimum atomic E-state index is -4.49. The molecule has 2 N–H and O–H groups in total. The lowest BCUT2D eigenvalue weighted by atomic mass is 10.2. The molecule has 2 rings (SSSR count). The fraction of sp³-hybridized carbons (Fsp3) is 0.333. The summed E-state index contributed by atoms with van der Waals surface area (Å²) in [7, 11) is 0. The number of aromatic amines is 1. The molecule has 0 aliphatic carbocycles. The molecule has 10 heteroatoms. The minimum absolute atomic E-state index is 0.0166. The molecule has 1 atom stereocenters. The maximum absolute atomic E-state index is 12.6. The van der Waals surface area contributed by atoms with Crippen molar-refractivity contribution in [3.05, 3.63) is 28.7 Å². The molecule has 0 aliphatic heterocycles. The number of hydrogen-bond donors (Lipinski definition) is 2. The van der Waals surface area contributed by atoms with Crippen LogP contribution < -0.4 is 5.32 Å². The Bertz CT molecular complexity index is 556. The topological polar surface area (TPSA) is 79.4 Å². The molecule has 0 aliphatic rings. The second-order valence-corrected chi connectivity index (χ2v) is 4.08. The van der Waals surface area contributed by atoms with E-state index < -0.39 is 17.8 Å². The number of halogens is 4. The Labute approximate surface area is 110 Å². The largest absolute Gasteiger partial charge is 0.416 e. The van der Waals surface area contributed by atoms with Crippen LogP contribution in [0.4, 0.5) is 19.0 Å². The van der Waals surface area contributed by atoms with Crippen LogP contribution in [-0.4, -0.2) is 25.6 Å². The Balaban J connectivity index is 2.23. The maximum atomic E-state index is 12.6. The van der Waals surface area contributed by atoms with E-state index in [1.54, 1.807) is 6.92 Å². The number of anilines is 1. The first kappa shape index (κ1) is 13.5. The SMILES string of the molecule is CC(Nc1cc(C(F)(F)F)cc(Cl)n1)c1nn[nH]n1. The molecule has 19 heavy (non-hydrogen) atoms. The molecule has 0 saturated carbocycles. The highest BCUT2D eigenvalue weighted by Crippen LogP contribution is 2.32. The van der Waals surface area contributed by atoms with Crippen LogP contribution in [0.25, 0.3) is 0 Å². The summed E-state index contributed by atoms with van der Waals surface area (Å²) in [4.78, 5) is 3.77. The minimum Gasteiger partial charge on any atom is -0.360 e. The molecule has 0 aromatic carbocycles. The number of H-pyrrole nitrogens is 1. The molecular formula is C9H8ClF3N6. The van der Waals surface area contributed by atoms with Crippen molar-refractivity contribution in [3.63, 3.8) is 0 Å². The summed E-state index contributed by atoms with van der Waals surface area (Å²) < 4.78 is 37.8. The zero-order valence-corrected chi connectivity index (χ0v) is 10.3. The number of nitrogens with zero attached hydrogens (tertiary/aromatic N) is 4. The highest BCUT2D eigenvalue weighted by atomic mass is 35.5. The van der Waals surface area contributed by atoms with Gasteiger partial charge in [-0.1, -0.05) is 16.8 Å². The zero-order valence-electron chi connectivity index (χ0n) is 9.53. The van der Waals surface area contributed by atoms with Crippen molar-refractivity contribution >= 4 is 17.4 Å². The molecule has 2 heterocycles. The first-order valence-electron chi connectivity index (χ1n) is 5.11. The standard InChI is InChI=1S/C9H8ClF3N6/c1-4(8-16-18-19-17-8)14-7-3-5(9(11,12)13)2-6(10)15-7/h2-4H,1H3,(H,14,15)(H,16,17,18,19). The van der Waals surface area contributed by atoms with Gasteiger partial charge >= 0.3 is 6.18 Å². The highest BCUT2D eigenvalue weighted by Gasteiger charge is 2.31. The third-order valence-corrected chi connectivity index (χ3v) is 2.43. The molecule has 0 fully saturated rings. The fourth-order valence-corrected chi connectivity index (χ4v) is 1.58. The van der Waals surface area contributed by atoms with Crippen LogP contribution in [0.2, 0.25) is 5.15 Å². The molecule has 0 radical (unpaired) electrons. The van der Waals surface area contributed by atoms with Gasteiger partial charge in [-0.05, 0) is 19.1 Å². The van der Waals surface area contributed by atoms with Crippen LogP contribution in [0.15, 0.2) is 12.1 Å². The lowest BCUT2D eigenvalue weighted by Crippen LogP contribution is -2.12. The van der Waals surface area contributed by atoms with Gasteiger partial charge in [0.1, 0.15) is 11.0 Å². The van der Waals surface area contributed by atoms with E-state index in [1.165, 1.54) is 0 Å². The first-order valence-corrected chi connectivity index (χ1v) is 5.48. The van der Waals surface area contributed by atoms with Crippen molar-refractivity contribution in [1.29, 1.82) is 0 Å². The average molecular weight is 293 g/mol. The Morgan fingerprint density at radius 3 is 2.68 bits per heavy atom. The molecule has 2 aromatic rings. The van der Waals surface area contributed by atoms with Gasteiger partial charge in [-0.25, -0.2) is 4.98 Å². The predicted octanol–water partition coefficient (Wildman–Crippen LogP) is 2.44. The first-order chi connectivity index (χ1) is 8.86. The van der Waals surface area contributed by atoms with Crippen molar-refractivity contribution in [2.75, 3.05) is 5.32 Å². The van der Waals surface area contributed by atoms with Crippen LogP contribution >= 0.6 is 11.6 Å². The Morgan fingerprint density at radius 1 is 1.37 bits per heavy atom. The molecule has 0 spiro atoms. The molecule has 0 saturated heterocycles. The number of tetrazole rings is 1. The van der Waals surface area contributed by atoms with Gasteiger partial charge in [-0.15, -0.1) is 10.2 Å². The average Bonchev–Trinajstić information content (AvgIpc) is 2.80. The summed E-state index contributed by atoms with van der Waals surface area (Å²) in [5.74, 6) is 0.285. The van der Waals surface area contributed by atoms with E-state index in [-0.39, 0.29) is 11.0 Å². The van der Waals surface area contributed by atoms with E-state index in [0.29, 0.717) is 5.82 Å². The van der Waals surface area contributed by atoms with Crippen LogP contribution in [0, 0.1) is 0 Å². The predicted molar refractivity (Wildman–Crippen MR) is 60.5 cm³/mol. The van der Waals surface area contributed by atoms with Gasteiger partial charge in [-0.3, -0.25) is 0 Å². The number of nitrogens with one attached hydrogen (secondary N) is 2. The molecule has 1 unspecified atom stereocenters. The molecule has 102 valence electrons. The molecule has 2 aromatic heterocycles. The summed E-state index contributed by atoms with van der Waals surface area (Å²) in [6, 6.07) is 1.15. The van der Waals surface area contributed by atoms with Crippen molar-refractivity contribution < 1.29 is 13.2 Å². The van der Waals surface area contributed by atoms with Gasteiger partial charge in [0, 0.05) is 0 Å². The van der Waals surface area contributed by atoms with E-state index in [2.05, 4.69) is 30.9 Å². The van der Waals surface area contributed by atoms with Gasteiger partial charge in [0.15, 0.2) is 5.82 Å². The van der Waals surface area contributed by atoms with Gasteiger partial charge in [0.2, 0.25) is 0 Å². The van der Waals surface area contributed by atoms with Crippen LogP contribution in [0.3, 0.4) is 0 Å². The number of pyridine rings is 1. The van der Waals surface area contributed by atoms with Gasteiger partial charge in [0.25, 0.3) is 0 Å². The fourth-order valence-electron chi connectivity index (χ4n) is 1.37. The van der Waals surface area contributed by atoms with E-state index in [1.807, 2.05) is 0 Å². The quantitative estimate of drug-likeness (QED) is 0.849. The Morgan fingerprint density at radius 2 is 2.11 bits per heavy atom. The van der Waals surface area contributed by atoms with Crippen molar-refractivity contribution in [2.24, 2.45) is 0 Å². The lowest BCUT2D eigenvalue weighted by Gasteiger charge is -2.13. The Hall–Kier alpha value is -1.90. The summed E-state index contributed by atoms with van der Waals surface area (Å²) in [6.07, 6.45) is -4.49. The number of aromatic nitrogens is 5. The summed E-state index contributed by atoms with van der Waals surface area (Å²) in [5.41, 5.74) is -0.879. The lowest BCUT2D eigenvalue weighted by molar-refractivity contribution is -0.137. The molecule has 0 bridgehead atoms. The highest BCUT2D eigenvalue weighted by molar-refractivity contribution is 6.29. The molecule has 0 amide bonds. The van der Waals surface area contributed by atoms with Gasteiger partial charge in [0.05, 0.1) is 11.6 Å². The van der Waals surface area contributed by atoms with Crippen LogP contribution in [0.5, 0.6) is 0 Å². The second-order valence-electron chi connectivity index (χ2n) is 3.70. The number of alkyl halides is 3.